The predicted molar refractivity (Wildman–Crippen MR) is 57.4 cm³/mol. The van der Waals surface area contributed by atoms with E-state index in [4.69, 9.17) is 5.73 Å². The fourth-order valence-corrected chi connectivity index (χ4v) is 3.72. The van der Waals surface area contributed by atoms with E-state index in [0.717, 1.165) is 6.42 Å². The van der Waals surface area contributed by atoms with Gasteiger partial charge in [-0.25, -0.2) is 8.42 Å². The highest BCUT2D eigenvalue weighted by Crippen LogP contribution is 2.26. The van der Waals surface area contributed by atoms with E-state index in [2.05, 4.69) is 6.92 Å². The molecule has 4 nitrogen and oxygen atoms in total. The summed E-state index contributed by atoms with van der Waals surface area (Å²) >= 11 is 0. The van der Waals surface area contributed by atoms with Gasteiger partial charge in [-0.15, -0.1) is 0 Å². The Morgan fingerprint density at radius 3 is 2.43 bits per heavy atom. The Hall–Kier alpha value is -0.130. The number of rotatable bonds is 3. The second-order valence-electron chi connectivity index (χ2n) is 4.35. The molecule has 0 radical (unpaired) electrons. The smallest absolute Gasteiger partial charge is 0.218 e. The van der Waals surface area contributed by atoms with Gasteiger partial charge in [-0.3, -0.25) is 0 Å². The summed E-state index contributed by atoms with van der Waals surface area (Å²) < 4.78 is 25.5. The van der Waals surface area contributed by atoms with Crippen LogP contribution < -0.4 is 5.73 Å². The van der Waals surface area contributed by atoms with Crippen LogP contribution >= 0.6 is 0 Å². The van der Waals surface area contributed by atoms with Crippen molar-refractivity contribution < 1.29 is 8.42 Å². The second kappa shape index (κ2) is 4.16. The van der Waals surface area contributed by atoms with Crippen LogP contribution in [0.1, 0.15) is 27.2 Å². The maximum absolute atomic E-state index is 12.0. The number of hydrogen-bond donors (Lipinski definition) is 1. The zero-order valence-electron chi connectivity index (χ0n) is 9.10. The molecule has 0 aliphatic carbocycles. The minimum atomic E-state index is -3.16. The lowest BCUT2D eigenvalue weighted by atomic mass is 10.1. The molecular formula is C9H20N2O2S. The predicted octanol–water partition coefficient (Wildman–Crippen LogP) is 0.394. The van der Waals surface area contributed by atoms with E-state index in [0.29, 0.717) is 12.5 Å². The van der Waals surface area contributed by atoms with Crippen LogP contribution in [0.2, 0.25) is 0 Å². The van der Waals surface area contributed by atoms with Crippen LogP contribution in [0.4, 0.5) is 0 Å². The Morgan fingerprint density at radius 1 is 1.50 bits per heavy atom. The molecule has 1 aliphatic heterocycles. The molecule has 5 heteroatoms. The third-order valence-electron chi connectivity index (χ3n) is 2.89. The van der Waals surface area contributed by atoms with Gasteiger partial charge in [0.15, 0.2) is 0 Å². The number of nitrogens with two attached hydrogens (primary N) is 1. The Bertz CT molecular complexity index is 289. The first kappa shape index (κ1) is 11.9. The molecule has 1 saturated heterocycles. The maximum Gasteiger partial charge on any atom is 0.218 e. The molecule has 1 aliphatic rings. The molecule has 1 rings (SSSR count). The summed E-state index contributed by atoms with van der Waals surface area (Å²) in [5.74, 6) is 0.463. The zero-order valence-corrected chi connectivity index (χ0v) is 9.92. The van der Waals surface area contributed by atoms with Gasteiger partial charge >= 0.3 is 0 Å². The molecule has 3 atom stereocenters. The highest BCUT2D eigenvalue weighted by molar-refractivity contribution is 7.89. The maximum atomic E-state index is 12.0. The topological polar surface area (TPSA) is 63.4 Å². The van der Waals surface area contributed by atoms with E-state index in [9.17, 15) is 8.42 Å². The van der Waals surface area contributed by atoms with E-state index in [1.807, 2.05) is 6.92 Å². The quantitative estimate of drug-likeness (QED) is 0.748. The number of nitrogens with zero attached hydrogens (tertiary/aromatic N) is 1. The van der Waals surface area contributed by atoms with Gasteiger partial charge in [0.2, 0.25) is 10.0 Å². The van der Waals surface area contributed by atoms with Crippen molar-refractivity contribution in [2.75, 3.05) is 13.1 Å². The molecule has 0 aromatic heterocycles. The highest BCUT2D eigenvalue weighted by atomic mass is 32.2. The van der Waals surface area contributed by atoms with Gasteiger partial charge in [-0.2, -0.15) is 4.31 Å². The molecule has 0 aromatic carbocycles. The number of sulfonamides is 1. The summed E-state index contributed by atoms with van der Waals surface area (Å²) in [4.78, 5) is 0. The Kier molecular flexibility index (Phi) is 3.55. The summed E-state index contributed by atoms with van der Waals surface area (Å²) in [6, 6.07) is 0.129. The highest BCUT2D eigenvalue weighted by Gasteiger charge is 2.37. The molecular weight excluding hydrogens is 200 g/mol. The molecule has 0 bridgehead atoms. The average Bonchev–Trinajstić information content (AvgIpc) is 2.44. The van der Waals surface area contributed by atoms with Crippen LogP contribution in [0.5, 0.6) is 0 Å². The van der Waals surface area contributed by atoms with Crippen LogP contribution in [0.15, 0.2) is 0 Å². The van der Waals surface area contributed by atoms with Crippen LogP contribution in [-0.2, 0) is 10.0 Å². The van der Waals surface area contributed by atoms with E-state index in [1.54, 1.807) is 11.2 Å². The molecule has 2 N–H and O–H groups in total. The molecule has 84 valence electrons. The lowest BCUT2D eigenvalue weighted by Gasteiger charge is -2.24. The fourth-order valence-electron chi connectivity index (χ4n) is 1.97. The second-order valence-corrected chi connectivity index (χ2v) is 6.65. The first-order valence-electron chi connectivity index (χ1n) is 5.10. The summed E-state index contributed by atoms with van der Waals surface area (Å²) in [6.07, 6.45) is 0.955. The van der Waals surface area contributed by atoms with Gasteiger partial charge in [0.25, 0.3) is 0 Å². The van der Waals surface area contributed by atoms with Crippen molar-refractivity contribution in [3.8, 4) is 0 Å². The summed E-state index contributed by atoms with van der Waals surface area (Å²) in [5, 5.41) is -0.463. The van der Waals surface area contributed by atoms with Crippen LogP contribution in [-0.4, -0.2) is 37.1 Å². The van der Waals surface area contributed by atoms with Crippen molar-refractivity contribution in [3.05, 3.63) is 0 Å². The van der Waals surface area contributed by atoms with Crippen molar-refractivity contribution in [2.24, 2.45) is 11.7 Å². The van der Waals surface area contributed by atoms with Crippen LogP contribution in [0.25, 0.3) is 0 Å². The van der Waals surface area contributed by atoms with Crippen LogP contribution in [0, 0.1) is 5.92 Å². The first-order valence-corrected chi connectivity index (χ1v) is 6.60. The number of hydrogen-bond acceptors (Lipinski definition) is 3. The largest absolute Gasteiger partial charge is 0.329 e. The summed E-state index contributed by atoms with van der Waals surface area (Å²) in [6.45, 7) is 6.56. The van der Waals surface area contributed by atoms with Gasteiger partial charge in [-0.05, 0) is 26.2 Å². The van der Waals surface area contributed by atoms with Gasteiger partial charge in [0, 0.05) is 19.1 Å². The molecule has 1 heterocycles. The molecule has 14 heavy (non-hydrogen) atoms. The minimum absolute atomic E-state index is 0.129. The SMILES string of the molecule is CC1CC(C)N(S(=O)(=O)C(C)CN)C1. The first-order chi connectivity index (χ1) is 6.39. The lowest BCUT2D eigenvalue weighted by Crippen LogP contribution is -2.42. The van der Waals surface area contributed by atoms with Crippen LogP contribution in [0.3, 0.4) is 0 Å². The van der Waals surface area contributed by atoms with E-state index < -0.39 is 15.3 Å². The Labute approximate surface area is 86.5 Å². The molecule has 1 fully saturated rings. The average molecular weight is 220 g/mol. The third-order valence-corrected chi connectivity index (χ3v) is 5.27. The van der Waals surface area contributed by atoms with Crippen molar-refractivity contribution >= 4 is 10.0 Å². The molecule has 3 unspecified atom stereocenters. The normalized spacial score (nSPS) is 32.0. The van der Waals surface area contributed by atoms with E-state index in [-0.39, 0.29) is 12.6 Å². The molecule has 0 amide bonds. The van der Waals surface area contributed by atoms with Crippen molar-refractivity contribution in [2.45, 2.75) is 38.5 Å². The van der Waals surface area contributed by atoms with Gasteiger partial charge in [0.05, 0.1) is 5.25 Å². The van der Waals surface area contributed by atoms with Gasteiger partial charge in [0.1, 0.15) is 0 Å². The standard InChI is InChI=1S/C9H20N2O2S/c1-7-4-8(2)11(6-7)14(12,13)9(3)5-10/h7-9H,4-6,10H2,1-3H3. The lowest BCUT2D eigenvalue weighted by molar-refractivity contribution is 0.399. The molecule has 0 saturated carbocycles. The van der Waals surface area contributed by atoms with E-state index in [1.165, 1.54) is 0 Å². The van der Waals surface area contributed by atoms with E-state index >= 15 is 0 Å². The monoisotopic (exact) mass is 220 g/mol. The van der Waals surface area contributed by atoms with Gasteiger partial charge < -0.3 is 5.73 Å². The fraction of sp³-hybridized carbons (Fsp3) is 1.00. The Balaban J connectivity index is 2.83. The van der Waals surface area contributed by atoms with Crippen molar-refractivity contribution in [3.63, 3.8) is 0 Å². The molecule has 0 aromatic rings. The van der Waals surface area contributed by atoms with Crippen molar-refractivity contribution in [1.29, 1.82) is 0 Å². The van der Waals surface area contributed by atoms with Gasteiger partial charge in [-0.1, -0.05) is 6.92 Å². The third kappa shape index (κ3) is 2.10. The minimum Gasteiger partial charge on any atom is -0.329 e. The summed E-state index contributed by atoms with van der Waals surface area (Å²) in [5.41, 5.74) is 5.40. The Morgan fingerprint density at radius 2 is 2.07 bits per heavy atom. The zero-order chi connectivity index (χ0) is 10.9. The summed E-state index contributed by atoms with van der Waals surface area (Å²) in [7, 11) is -3.16. The van der Waals surface area contributed by atoms with Crippen molar-refractivity contribution in [1.82, 2.24) is 4.31 Å². The molecule has 0 spiro atoms.